The van der Waals surface area contributed by atoms with Gasteiger partial charge in [0.1, 0.15) is 22.5 Å². The number of thiazole rings is 1. The molecule has 0 saturated heterocycles. The second-order valence-electron chi connectivity index (χ2n) is 5.54. The molecule has 0 spiro atoms. The zero-order valence-electron chi connectivity index (χ0n) is 11.6. The molecule has 20 heavy (non-hydrogen) atoms. The quantitative estimate of drug-likeness (QED) is 0.498. The summed E-state index contributed by atoms with van der Waals surface area (Å²) in [6.07, 6.45) is 1.68. The van der Waals surface area contributed by atoms with Crippen LogP contribution < -0.4 is 0 Å². The summed E-state index contributed by atoms with van der Waals surface area (Å²) >= 11 is 8.25. The molecule has 9 heteroatoms. The SMILES string of the molecule is C[Si](C)(C)CCOCn1cnc(-c2sc(Br)nc2Br)n1. The summed E-state index contributed by atoms with van der Waals surface area (Å²) in [5, 5.41) is 4.40. The lowest BCUT2D eigenvalue weighted by atomic mass is 10.5. The predicted molar refractivity (Wildman–Crippen MR) is 90.6 cm³/mol. The maximum Gasteiger partial charge on any atom is 0.194 e. The van der Waals surface area contributed by atoms with E-state index in [0.717, 1.165) is 26.0 Å². The van der Waals surface area contributed by atoms with Gasteiger partial charge in [-0.05, 0) is 37.9 Å². The third-order valence-electron chi connectivity index (χ3n) is 2.52. The van der Waals surface area contributed by atoms with Crippen LogP contribution in [0.5, 0.6) is 0 Å². The molecule has 0 fully saturated rings. The van der Waals surface area contributed by atoms with E-state index < -0.39 is 8.07 Å². The minimum absolute atomic E-state index is 0.440. The van der Waals surface area contributed by atoms with Crippen LogP contribution in [-0.4, -0.2) is 34.4 Å². The van der Waals surface area contributed by atoms with Crippen LogP contribution in [0.2, 0.25) is 25.7 Å². The molecule has 0 radical (unpaired) electrons. The highest BCUT2D eigenvalue weighted by atomic mass is 79.9. The number of hydrogen-bond donors (Lipinski definition) is 0. The van der Waals surface area contributed by atoms with Gasteiger partial charge < -0.3 is 4.74 Å². The van der Waals surface area contributed by atoms with Gasteiger partial charge in [-0.25, -0.2) is 14.6 Å². The number of rotatable bonds is 6. The Balaban J connectivity index is 1.91. The average Bonchev–Trinajstić information content (AvgIpc) is 2.90. The van der Waals surface area contributed by atoms with Gasteiger partial charge in [0.05, 0.1) is 0 Å². The minimum atomic E-state index is -1.04. The standard InChI is InChI=1S/C11H16Br2N4OSSi/c1-20(2,3)5-4-18-7-17-6-14-10(16-17)8-9(12)15-11(13)19-8/h6H,4-5,7H2,1-3H3. The van der Waals surface area contributed by atoms with Crippen molar-refractivity contribution in [3.63, 3.8) is 0 Å². The van der Waals surface area contributed by atoms with Gasteiger partial charge in [0, 0.05) is 14.7 Å². The Kier molecular flexibility index (Phi) is 5.52. The highest BCUT2D eigenvalue weighted by Crippen LogP contribution is 2.34. The van der Waals surface area contributed by atoms with Crippen molar-refractivity contribution < 1.29 is 4.74 Å². The van der Waals surface area contributed by atoms with Gasteiger partial charge in [0.15, 0.2) is 9.74 Å². The maximum absolute atomic E-state index is 5.64. The number of nitrogens with zero attached hydrogens (tertiary/aromatic N) is 4. The molecule has 0 aromatic carbocycles. The monoisotopic (exact) mass is 438 g/mol. The Morgan fingerprint density at radius 1 is 1.35 bits per heavy atom. The molecule has 0 bridgehead atoms. The Hall–Kier alpha value is -0.0931. The summed E-state index contributed by atoms with van der Waals surface area (Å²) in [7, 11) is -1.04. The van der Waals surface area contributed by atoms with Crippen molar-refractivity contribution in [2.45, 2.75) is 32.4 Å². The molecule has 0 aliphatic rings. The number of halogens is 2. The second-order valence-corrected chi connectivity index (χ2v) is 14.2. The van der Waals surface area contributed by atoms with Crippen molar-refractivity contribution >= 4 is 51.3 Å². The van der Waals surface area contributed by atoms with Crippen molar-refractivity contribution in [1.29, 1.82) is 0 Å². The number of aromatic nitrogens is 4. The summed E-state index contributed by atoms with van der Waals surface area (Å²) in [6.45, 7) is 8.23. The van der Waals surface area contributed by atoms with E-state index in [9.17, 15) is 0 Å². The molecule has 2 heterocycles. The van der Waals surface area contributed by atoms with Gasteiger partial charge in [-0.2, -0.15) is 0 Å². The lowest BCUT2D eigenvalue weighted by Gasteiger charge is -2.15. The average molecular weight is 440 g/mol. The first-order chi connectivity index (χ1) is 9.35. The number of hydrogen-bond acceptors (Lipinski definition) is 5. The van der Waals surface area contributed by atoms with Gasteiger partial charge in [0.25, 0.3) is 0 Å². The third kappa shape index (κ3) is 4.73. The summed E-state index contributed by atoms with van der Waals surface area (Å²) in [4.78, 5) is 9.44. The molecule has 2 aromatic rings. The molecule has 0 saturated carbocycles. The maximum atomic E-state index is 5.64. The fraction of sp³-hybridized carbons (Fsp3) is 0.545. The van der Waals surface area contributed by atoms with E-state index in [4.69, 9.17) is 4.74 Å². The van der Waals surface area contributed by atoms with E-state index in [2.05, 4.69) is 66.6 Å². The molecule has 2 aromatic heterocycles. The summed E-state index contributed by atoms with van der Waals surface area (Å²) in [5.41, 5.74) is 0. The molecule has 5 nitrogen and oxygen atoms in total. The van der Waals surface area contributed by atoms with Crippen LogP contribution in [0.4, 0.5) is 0 Å². The van der Waals surface area contributed by atoms with Crippen LogP contribution >= 0.6 is 43.2 Å². The largest absolute Gasteiger partial charge is 0.359 e. The van der Waals surface area contributed by atoms with E-state index in [1.807, 2.05) is 0 Å². The van der Waals surface area contributed by atoms with Crippen molar-refractivity contribution in [2.24, 2.45) is 0 Å². The van der Waals surface area contributed by atoms with Crippen molar-refractivity contribution in [1.82, 2.24) is 19.7 Å². The van der Waals surface area contributed by atoms with Crippen LogP contribution in [0.3, 0.4) is 0 Å². The van der Waals surface area contributed by atoms with E-state index in [1.165, 1.54) is 11.3 Å². The smallest absolute Gasteiger partial charge is 0.194 e. The topological polar surface area (TPSA) is 52.8 Å². The Morgan fingerprint density at radius 3 is 2.70 bits per heavy atom. The lowest BCUT2D eigenvalue weighted by Crippen LogP contribution is -2.22. The highest BCUT2D eigenvalue weighted by molar-refractivity contribution is 9.11. The van der Waals surface area contributed by atoms with E-state index >= 15 is 0 Å². The van der Waals surface area contributed by atoms with Gasteiger partial charge >= 0.3 is 0 Å². The molecule has 0 amide bonds. The predicted octanol–water partition coefficient (Wildman–Crippen LogP) is 4.24. The van der Waals surface area contributed by atoms with Crippen LogP contribution in [0.25, 0.3) is 10.7 Å². The second kappa shape index (κ2) is 6.78. The molecule has 2 rings (SSSR count). The fourth-order valence-corrected chi connectivity index (χ4v) is 4.40. The summed E-state index contributed by atoms with van der Waals surface area (Å²) in [6, 6.07) is 1.15. The fourth-order valence-electron chi connectivity index (χ4n) is 1.41. The third-order valence-corrected chi connectivity index (χ3v) is 6.56. The molecule has 110 valence electrons. The minimum Gasteiger partial charge on any atom is -0.359 e. The zero-order valence-corrected chi connectivity index (χ0v) is 16.5. The molecule has 0 aliphatic heterocycles. The Labute approximate surface area is 140 Å². The van der Waals surface area contributed by atoms with Crippen LogP contribution in [-0.2, 0) is 11.5 Å². The van der Waals surface area contributed by atoms with Gasteiger partial charge in [-0.3, -0.25) is 0 Å². The van der Waals surface area contributed by atoms with Crippen molar-refractivity contribution in [2.75, 3.05) is 6.61 Å². The molecular weight excluding hydrogens is 424 g/mol. The molecule has 0 aliphatic carbocycles. The Bertz CT molecular complexity index is 581. The van der Waals surface area contributed by atoms with E-state index in [1.54, 1.807) is 11.0 Å². The zero-order chi connectivity index (χ0) is 14.8. The molecular formula is C11H16Br2N4OSSi. The molecule has 0 N–H and O–H groups in total. The Morgan fingerprint density at radius 2 is 2.10 bits per heavy atom. The van der Waals surface area contributed by atoms with Gasteiger partial charge in [0.2, 0.25) is 0 Å². The molecule has 0 unspecified atom stereocenters. The summed E-state index contributed by atoms with van der Waals surface area (Å²) in [5.74, 6) is 0.661. The molecule has 0 atom stereocenters. The van der Waals surface area contributed by atoms with Crippen molar-refractivity contribution in [3.8, 4) is 10.7 Å². The van der Waals surface area contributed by atoms with Gasteiger partial charge in [-0.15, -0.1) is 16.4 Å². The van der Waals surface area contributed by atoms with Crippen molar-refractivity contribution in [3.05, 3.63) is 14.8 Å². The van der Waals surface area contributed by atoms with E-state index in [0.29, 0.717) is 12.6 Å². The first-order valence-corrected chi connectivity index (χ1v) is 12.3. The van der Waals surface area contributed by atoms with Crippen LogP contribution in [0.1, 0.15) is 0 Å². The number of ether oxygens (including phenoxy) is 1. The first kappa shape index (κ1) is 16.3. The highest BCUT2D eigenvalue weighted by Gasteiger charge is 2.14. The summed E-state index contributed by atoms with van der Waals surface area (Å²) < 4.78 is 8.91. The normalized spacial score (nSPS) is 12.1. The van der Waals surface area contributed by atoms with Crippen LogP contribution in [0, 0.1) is 0 Å². The van der Waals surface area contributed by atoms with Gasteiger partial charge in [-0.1, -0.05) is 19.6 Å². The first-order valence-electron chi connectivity index (χ1n) is 6.14. The lowest BCUT2D eigenvalue weighted by molar-refractivity contribution is 0.0785. The van der Waals surface area contributed by atoms with Crippen LogP contribution in [0.15, 0.2) is 14.8 Å². The van der Waals surface area contributed by atoms with E-state index in [-0.39, 0.29) is 0 Å².